The van der Waals surface area contributed by atoms with E-state index < -0.39 is 0 Å². The fourth-order valence-corrected chi connectivity index (χ4v) is 2.49. The summed E-state index contributed by atoms with van der Waals surface area (Å²) < 4.78 is 1.92. The van der Waals surface area contributed by atoms with Crippen LogP contribution in [0.25, 0.3) is 11.0 Å². The zero-order valence-electron chi connectivity index (χ0n) is 9.29. The minimum absolute atomic E-state index is 0. The van der Waals surface area contributed by atoms with Gasteiger partial charge in [0.25, 0.3) is 5.56 Å². The number of hydrogen-bond acceptors (Lipinski definition) is 4. The molecule has 0 fully saturated rings. The average molecular weight is 283 g/mol. The number of nitrogens with zero attached hydrogens (tertiary/aromatic N) is 2. The smallest absolute Gasteiger partial charge is 0.261 e. The molecule has 18 heavy (non-hydrogen) atoms. The van der Waals surface area contributed by atoms with Crippen molar-refractivity contribution >= 4 is 40.7 Å². The van der Waals surface area contributed by atoms with E-state index >= 15 is 0 Å². The van der Waals surface area contributed by atoms with Gasteiger partial charge in [-0.3, -0.25) is 9.78 Å². The van der Waals surface area contributed by atoms with Crippen LogP contribution in [0, 0.1) is 0 Å². The zero-order chi connectivity index (χ0) is 11.8. The molecule has 0 bridgehead atoms. The SMILES string of the molecule is Cl.Nc1nc2c(ccn2Cc2cccs2)c(=O)[nH]1. The maximum Gasteiger partial charge on any atom is 0.261 e. The van der Waals surface area contributed by atoms with Gasteiger partial charge in [0.05, 0.1) is 11.9 Å². The van der Waals surface area contributed by atoms with Gasteiger partial charge >= 0.3 is 0 Å². The Morgan fingerprint density at radius 2 is 2.28 bits per heavy atom. The highest BCUT2D eigenvalue weighted by Gasteiger charge is 2.07. The molecule has 0 saturated heterocycles. The molecule has 3 heterocycles. The van der Waals surface area contributed by atoms with Crippen molar-refractivity contribution in [3.63, 3.8) is 0 Å². The Morgan fingerprint density at radius 1 is 1.44 bits per heavy atom. The molecule has 0 saturated carbocycles. The first-order valence-electron chi connectivity index (χ1n) is 5.11. The van der Waals surface area contributed by atoms with E-state index in [1.54, 1.807) is 17.4 Å². The summed E-state index contributed by atoms with van der Waals surface area (Å²) in [6.45, 7) is 0.705. The number of rotatable bonds is 2. The summed E-state index contributed by atoms with van der Waals surface area (Å²) in [4.78, 5) is 19.5. The van der Waals surface area contributed by atoms with Crippen LogP contribution in [0.5, 0.6) is 0 Å². The largest absolute Gasteiger partial charge is 0.369 e. The van der Waals surface area contributed by atoms with Crippen LogP contribution in [0.15, 0.2) is 34.6 Å². The number of aromatic nitrogens is 3. The van der Waals surface area contributed by atoms with Crippen LogP contribution in [-0.2, 0) is 6.54 Å². The summed E-state index contributed by atoms with van der Waals surface area (Å²) in [5.41, 5.74) is 5.98. The number of thiophene rings is 1. The van der Waals surface area contributed by atoms with Gasteiger partial charge in [-0.05, 0) is 17.5 Å². The number of H-pyrrole nitrogens is 1. The summed E-state index contributed by atoms with van der Waals surface area (Å²) in [6.07, 6.45) is 1.85. The molecule has 0 unspecified atom stereocenters. The third-order valence-electron chi connectivity index (χ3n) is 2.55. The highest BCUT2D eigenvalue weighted by Crippen LogP contribution is 2.15. The first-order chi connectivity index (χ1) is 8.24. The van der Waals surface area contributed by atoms with E-state index in [-0.39, 0.29) is 23.9 Å². The molecule has 0 aliphatic carbocycles. The highest BCUT2D eigenvalue weighted by atomic mass is 35.5. The number of nitrogens with one attached hydrogen (secondary N) is 1. The van der Waals surface area contributed by atoms with Gasteiger partial charge in [-0.2, -0.15) is 4.98 Å². The van der Waals surface area contributed by atoms with Gasteiger partial charge in [0.2, 0.25) is 5.95 Å². The van der Waals surface area contributed by atoms with Gasteiger partial charge in [-0.25, -0.2) is 0 Å². The Bertz CT molecular complexity index is 716. The number of fused-ring (bicyclic) bond motifs is 1. The maximum absolute atomic E-state index is 11.6. The highest BCUT2D eigenvalue weighted by molar-refractivity contribution is 7.09. The molecule has 3 rings (SSSR count). The Balaban J connectivity index is 0.00000120. The van der Waals surface area contributed by atoms with Gasteiger partial charge in [0, 0.05) is 11.1 Å². The van der Waals surface area contributed by atoms with Crippen LogP contribution in [0.3, 0.4) is 0 Å². The predicted molar refractivity (Wildman–Crippen MR) is 75.4 cm³/mol. The van der Waals surface area contributed by atoms with E-state index in [0.29, 0.717) is 17.6 Å². The molecule has 0 aromatic carbocycles. The fourth-order valence-electron chi connectivity index (χ4n) is 1.79. The molecule has 0 aliphatic rings. The second kappa shape index (κ2) is 4.83. The van der Waals surface area contributed by atoms with Crippen molar-refractivity contribution in [1.82, 2.24) is 14.5 Å². The van der Waals surface area contributed by atoms with Gasteiger partial charge in [0.1, 0.15) is 5.65 Å². The van der Waals surface area contributed by atoms with Crippen LogP contribution in [0.4, 0.5) is 5.95 Å². The standard InChI is InChI=1S/C11H10N4OS.ClH/c12-11-13-9-8(10(16)14-11)3-4-15(9)6-7-2-1-5-17-7;/h1-5H,6H2,(H3,12,13,14,16);1H. The number of nitrogen functional groups attached to an aromatic ring is 1. The second-order valence-electron chi connectivity index (χ2n) is 3.71. The van der Waals surface area contributed by atoms with E-state index in [4.69, 9.17) is 5.73 Å². The van der Waals surface area contributed by atoms with Crippen LogP contribution < -0.4 is 11.3 Å². The molecule has 7 heteroatoms. The minimum atomic E-state index is -0.197. The number of anilines is 1. The maximum atomic E-state index is 11.6. The molecule has 0 atom stereocenters. The zero-order valence-corrected chi connectivity index (χ0v) is 10.9. The lowest BCUT2D eigenvalue weighted by molar-refractivity contribution is 0.837. The van der Waals surface area contributed by atoms with E-state index in [0.717, 1.165) is 0 Å². The van der Waals surface area contributed by atoms with E-state index in [1.165, 1.54) is 4.88 Å². The predicted octanol–water partition coefficient (Wildman–Crippen LogP) is 1.84. The fraction of sp³-hybridized carbons (Fsp3) is 0.0909. The number of halogens is 1. The van der Waals surface area contributed by atoms with Crippen molar-refractivity contribution in [2.45, 2.75) is 6.54 Å². The summed E-state index contributed by atoms with van der Waals surface area (Å²) in [7, 11) is 0. The third kappa shape index (κ3) is 2.12. The minimum Gasteiger partial charge on any atom is -0.369 e. The molecule has 0 radical (unpaired) electrons. The lowest BCUT2D eigenvalue weighted by Crippen LogP contribution is -2.11. The lowest BCUT2D eigenvalue weighted by atomic mass is 10.4. The summed E-state index contributed by atoms with van der Waals surface area (Å²) in [5.74, 6) is 0.147. The van der Waals surface area contributed by atoms with Gasteiger partial charge in [-0.15, -0.1) is 23.7 Å². The first kappa shape index (κ1) is 12.7. The Hall–Kier alpha value is -1.79. The molecular formula is C11H11ClN4OS. The molecule has 3 N–H and O–H groups in total. The second-order valence-corrected chi connectivity index (χ2v) is 4.74. The van der Waals surface area contributed by atoms with Crippen LogP contribution >= 0.6 is 23.7 Å². The molecule has 0 amide bonds. The third-order valence-corrected chi connectivity index (χ3v) is 3.41. The number of aromatic amines is 1. The van der Waals surface area contributed by atoms with E-state index in [1.807, 2.05) is 28.3 Å². The van der Waals surface area contributed by atoms with Crippen molar-refractivity contribution in [2.75, 3.05) is 5.73 Å². The topological polar surface area (TPSA) is 76.7 Å². The van der Waals surface area contributed by atoms with Gasteiger partial charge in [0.15, 0.2) is 0 Å². The van der Waals surface area contributed by atoms with Crippen molar-refractivity contribution < 1.29 is 0 Å². The summed E-state index contributed by atoms with van der Waals surface area (Å²) >= 11 is 1.67. The van der Waals surface area contributed by atoms with E-state index in [2.05, 4.69) is 9.97 Å². The van der Waals surface area contributed by atoms with Crippen LogP contribution in [0.2, 0.25) is 0 Å². The molecule has 5 nitrogen and oxygen atoms in total. The summed E-state index contributed by atoms with van der Waals surface area (Å²) in [6, 6.07) is 5.81. The average Bonchev–Trinajstić information content (AvgIpc) is 2.89. The Kier molecular flexibility index (Phi) is 3.40. The molecule has 0 spiro atoms. The van der Waals surface area contributed by atoms with Gasteiger partial charge < -0.3 is 10.3 Å². The lowest BCUT2D eigenvalue weighted by Gasteiger charge is -2.02. The molecule has 3 aromatic heterocycles. The van der Waals surface area contributed by atoms with Crippen LogP contribution in [0.1, 0.15) is 4.88 Å². The van der Waals surface area contributed by atoms with Crippen molar-refractivity contribution in [3.8, 4) is 0 Å². The Labute approximate surface area is 113 Å². The number of nitrogens with two attached hydrogens (primary N) is 1. The molecular weight excluding hydrogens is 272 g/mol. The molecule has 0 aliphatic heterocycles. The Morgan fingerprint density at radius 3 is 3.00 bits per heavy atom. The first-order valence-corrected chi connectivity index (χ1v) is 5.99. The van der Waals surface area contributed by atoms with E-state index in [9.17, 15) is 4.79 Å². The monoisotopic (exact) mass is 282 g/mol. The normalized spacial score (nSPS) is 10.4. The van der Waals surface area contributed by atoms with Gasteiger partial charge in [-0.1, -0.05) is 6.07 Å². The molecule has 3 aromatic rings. The van der Waals surface area contributed by atoms with Crippen molar-refractivity contribution in [3.05, 3.63) is 45.0 Å². The summed E-state index contributed by atoms with van der Waals surface area (Å²) in [5, 5.41) is 2.59. The van der Waals surface area contributed by atoms with Crippen LogP contribution in [-0.4, -0.2) is 14.5 Å². The van der Waals surface area contributed by atoms with Crippen molar-refractivity contribution in [2.24, 2.45) is 0 Å². The quantitative estimate of drug-likeness (QED) is 0.753. The molecule has 94 valence electrons. The van der Waals surface area contributed by atoms with Crippen molar-refractivity contribution in [1.29, 1.82) is 0 Å². The number of hydrogen-bond donors (Lipinski definition) is 2.